The molecule has 0 saturated heterocycles. The first-order chi connectivity index (χ1) is 5.43. The van der Waals surface area contributed by atoms with Crippen molar-refractivity contribution in [2.24, 2.45) is 0 Å². The summed E-state index contributed by atoms with van der Waals surface area (Å²) in [6.45, 7) is 0. The Morgan fingerprint density at radius 1 is 1.17 bits per heavy atom. The number of carboxylic acid groups (broad SMARTS) is 2. The molecule has 6 nitrogen and oxygen atoms in total. The fraction of sp³-hybridized carbons (Fsp3) is 0.500. The van der Waals surface area contributed by atoms with Gasteiger partial charge in [-0.15, -0.1) is 0 Å². The van der Waals surface area contributed by atoms with E-state index in [2.05, 4.69) is 0 Å². The average molecular weight is 176 g/mol. The monoisotopic (exact) mass is 176 g/mol. The number of aliphatic carboxylic acids is 2. The number of aliphatic hydroxyl groups is 1. The molecular weight excluding hydrogens is 168 g/mol. The molecule has 3 N–H and O–H groups in total. The van der Waals surface area contributed by atoms with Crippen LogP contribution < -0.4 is 0 Å². The van der Waals surface area contributed by atoms with Gasteiger partial charge < -0.3 is 15.3 Å². The molecular formula is C6H8O6. The third-order valence-electron chi connectivity index (χ3n) is 1.05. The average Bonchev–Trinajstić information content (AvgIpc) is 1.84. The molecule has 0 spiro atoms. The van der Waals surface area contributed by atoms with Crippen LogP contribution in [0.15, 0.2) is 0 Å². The van der Waals surface area contributed by atoms with Crippen LogP contribution in [0.5, 0.6) is 0 Å². The molecule has 68 valence electrons. The van der Waals surface area contributed by atoms with Crippen LogP contribution in [0.25, 0.3) is 0 Å². The zero-order chi connectivity index (χ0) is 9.72. The largest absolute Gasteiger partial charge is 0.481 e. The van der Waals surface area contributed by atoms with Crippen molar-refractivity contribution in [1.29, 1.82) is 0 Å². The normalized spacial score (nSPS) is 12.1. The van der Waals surface area contributed by atoms with Crippen LogP contribution in [-0.2, 0) is 14.4 Å². The Balaban J connectivity index is 3.85. The summed E-state index contributed by atoms with van der Waals surface area (Å²) in [7, 11) is 0. The molecule has 0 aromatic heterocycles. The van der Waals surface area contributed by atoms with E-state index in [0.29, 0.717) is 0 Å². The molecule has 0 aromatic rings. The molecule has 0 bridgehead atoms. The lowest BCUT2D eigenvalue weighted by Crippen LogP contribution is -2.24. The third-order valence-corrected chi connectivity index (χ3v) is 1.05. The van der Waals surface area contributed by atoms with Gasteiger partial charge in [0.05, 0.1) is 0 Å². The van der Waals surface area contributed by atoms with Gasteiger partial charge in [-0.2, -0.15) is 0 Å². The van der Waals surface area contributed by atoms with E-state index >= 15 is 0 Å². The van der Waals surface area contributed by atoms with E-state index in [-0.39, 0.29) is 0 Å². The van der Waals surface area contributed by atoms with Gasteiger partial charge in [0.15, 0.2) is 6.10 Å². The third kappa shape index (κ3) is 4.40. The van der Waals surface area contributed by atoms with E-state index in [1.807, 2.05) is 0 Å². The van der Waals surface area contributed by atoms with E-state index < -0.39 is 36.7 Å². The molecule has 0 amide bonds. The summed E-state index contributed by atoms with van der Waals surface area (Å²) in [5.74, 6) is -3.68. The lowest BCUT2D eigenvalue weighted by molar-refractivity contribution is -0.150. The maximum absolute atomic E-state index is 10.6. The number of hydrogen-bond donors (Lipinski definition) is 3. The number of carboxylic acids is 2. The summed E-state index contributed by atoms with van der Waals surface area (Å²) in [6, 6.07) is 0. The van der Waals surface area contributed by atoms with Gasteiger partial charge >= 0.3 is 11.9 Å². The Morgan fingerprint density at radius 3 is 2.00 bits per heavy atom. The Morgan fingerprint density at radius 2 is 1.67 bits per heavy atom. The maximum atomic E-state index is 10.6. The second-order valence-corrected chi connectivity index (χ2v) is 2.17. The van der Waals surface area contributed by atoms with E-state index in [0.717, 1.165) is 0 Å². The first-order valence-corrected chi connectivity index (χ1v) is 3.08. The summed E-state index contributed by atoms with van der Waals surface area (Å²) in [5, 5.41) is 24.8. The Labute approximate surface area is 67.4 Å². The molecule has 0 heterocycles. The van der Waals surface area contributed by atoms with E-state index in [1.54, 1.807) is 0 Å². The molecule has 6 heteroatoms. The minimum atomic E-state index is -1.81. The van der Waals surface area contributed by atoms with Gasteiger partial charge in [-0.1, -0.05) is 0 Å². The second-order valence-electron chi connectivity index (χ2n) is 2.17. The molecule has 1 atom stereocenters. The van der Waals surface area contributed by atoms with Crippen molar-refractivity contribution in [3.63, 3.8) is 0 Å². The maximum Gasteiger partial charge on any atom is 0.332 e. The van der Waals surface area contributed by atoms with Gasteiger partial charge in [-0.25, -0.2) is 4.79 Å². The highest BCUT2D eigenvalue weighted by Gasteiger charge is 2.18. The molecule has 0 rings (SSSR count). The number of carbonyl (C=O) groups excluding carboxylic acids is 1. The number of rotatable bonds is 5. The zero-order valence-electron chi connectivity index (χ0n) is 6.06. The van der Waals surface area contributed by atoms with Crippen LogP contribution in [0.2, 0.25) is 0 Å². The lowest BCUT2D eigenvalue weighted by atomic mass is 10.1. The Bertz CT molecular complexity index is 208. The van der Waals surface area contributed by atoms with Crippen molar-refractivity contribution in [1.82, 2.24) is 0 Å². The predicted octanol–water partition coefficient (Wildman–Crippen LogP) is -1.13. The van der Waals surface area contributed by atoms with E-state index in [4.69, 9.17) is 15.3 Å². The molecule has 0 aromatic carbocycles. The lowest BCUT2D eigenvalue weighted by Gasteiger charge is -2.01. The molecule has 0 aliphatic heterocycles. The van der Waals surface area contributed by atoms with Crippen molar-refractivity contribution in [3.8, 4) is 0 Å². The number of hydrogen-bond acceptors (Lipinski definition) is 4. The highest BCUT2D eigenvalue weighted by atomic mass is 16.4. The van der Waals surface area contributed by atoms with Crippen LogP contribution in [0.1, 0.15) is 12.8 Å². The number of ketones is 1. The summed E-state index contributed by atoms with van der Waals surface area (Å²) < 4.78 is 0. The summed E-state index contributed by atoms with van der Waals surface area (Å²) in [5.41, 5.74) is 0. The van der Waals surface area contributed by atoms with Gasteiger partial charge in [0.1, 0.15) is 12.2 Å². The second kappa shape index (κ2) is 4.45. The molecule has 0 aliphatic rings. The van der Waals surface area contributed by atoms with Crippen LogP contribution in [0.4, 0.5) is 0 Å². The van der Waals surface area contributed by atoms with Crippen LogP contribution in [0.3, 0.4) is 0 Å². The summed E-state index contributed by atoms with van der Waals surface area (Å²) in [4.78, 5) is 30.4. The zero-order valence-corrected chi connectivity index (χ0v) is 6.06. The van der Waals surface area contributed by atoms with Crippen molar-refractivity contribution in [2.45, 2.75) is 18.9 Å². The molecule has 0 saturated carbocycles. The number of carbonyl (C=O) groups is 3. The fourth-order valence-corrected chi connectivity index (χ4v) is 0.544. The quantitative estimate of drug-likeness (QED) is 0.457. The molecule has 1 unspecified atom stereocenters. The minimum absolute atomic E-state index is 0.665. The SMILES string of the molecule is O=C(O)CC(=O)CC(O)C(=O)O. The van der Waals surface area contributed by atoms with Crippen molar-refractivity contribution in [3.05, 3.63) is 0 Å². The topological polar surface area (TPSA) is 112 Å². The van der Waals surface area contributed by atoms with Gasteiger partial charge in [0.2, 0.25) is 0 Å². The van der Waals surface area contributed by atoms with E-state index in [1.165, 1.54) is 0 Å². The van der Waals surface area contributed by atoms with Gasteiger partial charge in [0.25, 0.3) is 0 Å². The minimum Gasteiger partial charge on any atom is -0.481 e. The first-order valence-electron chi connectivity index (χ1n) is 3.08. The van der Waals surface area contributed by atoms with Gasteiger partial charge in [-0.3, -0.25) is 9.59 Å². The van der Waals surface area contributed by atoms with Crippen molar-refractivity contribution in [2.75, 3.05) is 0 Å². The molecule has 0 fully saturated rings. The van der Waals surface area contributed by atoms with Crippen LogP contribution in [-0.4, -0.2) is 39.1 Å². The number of Topliss-reactive ketones (excluding diaryl/α,β-unsaturated/α-hetero) is 1. The van der Waals surface area contributed by atoms with Gasteiger partial charge in [0, 0.05) is 6.42 Å². The Hall–Kier alpha value is -1.43. The van der Waals surface area contributed by atoms with Gasteiger partial charge in [-0.05, 0) is 0 Å². The predicted molar refractivity (Wildman–Crippen MR) is 35.5 cm³/mol. The smallest absolute Gasteiger partial charge is 0.332 e. The molecule has 0 radical (unpaired) electrons. The highest BCUT2D eigenvalue weighted by Crippen LogP contribution is 1.96. The summed E-state index contributed by atoms with van der Waals surface area (Å²) in [6.07, 6.45) is -3.23. The number of aliphatic hydroxyl groups excluding tert-OH is 1. The van der Waals surface area contributed by atoms with E-state index in [9.17, 15) is 14.4 Å². The van der Waals surface area contributed by atoms with Crippen LogP contribution in [0, 0.1) is 0 Å². The highest BCUT2D eigenvalue weighted by molar-refractivity contribution is 5.96. The standard InChI is InChI=1S/C6H8O6/c7-3(2-5(9)10)1-4(8)6(11)12/h4,8H,1-2H2,(H,9,10)(H,11,12). The van der Waals surface area contributed by atoms with Crippen molar-refractivity contribution < 1.29 is 29.7 Å². The first kappa shape index (κ1) is 10.6. The van der Waals surface area contributed by atoms with Crippen LogP contribution >= 0.6 is 0 Å². The Kier molecular flexibility index (Phi) is 3.92. The van der Waals surface area contributed by atoms with Crippen molar-refractivity contribution >= 4 is 17.7 Å². The molecule has 0 aliphatic carbocycles. The molecule has 12 heavy (non-hydrogen) atoms. The summed E-state index contributed by atoms with van der Waals surface area (Å²) >= 11 is 0. The fourth-order valence-electron chi connectivity index (χ4n) is 0.544.